The van der Waals surface area contributed by atoms with E-state index >= 15 is 0 Å². The summed E-state index contributed by atoms with van der Waals surface area (Å²) >= 11 is 0. The topological polar surface area (TPSA) is 41.1 Å². The maximum absolute atomic E-state index is 13.3. The molecule has 0 aliphatic carbocycles. The summed E-state index contributed by atoms with van der Waals surface area (Å²) < 4.78 is 103. The average Bonchev–Trinajstić information content (AvgIpc) is 2.51. The quantitative estimate of drug-likeness (QED) is 0.540. The molecule has 140 valence electrons. The van der Waals surface area contributed by atoms with Crippen molar-refractivity contribution in [2.75, 3.05) is 10.6 Å². The van der Waals surface area contributed by atoms with Crippen LogP contribution in [0.3, 0.4) is 0 Å². The largest absolute Gasteiger partial charge is 0.458 e. The van der Waals surface area contributed by atoms with E-state index in [0.29, 0.717) is 24.3 Å². The third-order valence-electron chi connectivity index (χ3n) is 3.08. The molecule has 0 unspecified atom stereocenters. The highest BCUT2D eigenvalue weighted by molar-refractivity contribution is 5.99. The number of anilines is 2. The Balaban J connectivity index is 2.17. The summed E-state index contributed by atoms with van der Waals surface area (Å²) in [7, 11) is 0. The molecule has 0 aliphatic heterocycles. The number of amides is 2. The molecule has 0 heterocycles. The second kappa shape index (κ2) is 6.81. The molecule has 2 aromatic carbocycles. The molecule has 2 rings (SSSR count). The van der Waals surface area contributed by atoms with E-state index < -0.39 is 52.5 Å². The zero-order valence-corrected chi connectivity index (χ0v) is 12.4. The number of rotatable bonds is 3. The Hall–Kier alpha value is -2.85. The van der Waals surface area contributed by atoms with Crippen molar-refractivity contribution in [3.63, 3.8) is 0 Å². The van der Waals surface area contributed by atoms with E-state index in [2.05, 4.69) is 0 Å². The molecule has 0 aliphatic rings. The van der Waals surface area contributed by atoms with Crippen LogP contribution in [0.1, 0.15) is 5.56 Å². The summed E-state index contributed by atoms with van der Waals surface area (Å²) in [6.45, 7) is 0. The van der Waals surface area contributed by atoms with Crippen LogP contribution in [-0.2, 0) is 5.92 Å². The molecule has 11 heteroatoms. The second-order valence-electron chi connectivity index (χ2n) is 4.99. The molecular formula is C15H8F8N2O. The van der Waals surface area contributed by atoms with Crippen molar-refractivity contribution in [2.24, 2.45) is 0 Å². The van der Waals surface area contributed by atoms with Gasteiger partial charge >= 0.3 is 18.1 Å². The molecule has 0 atom stereocenters. The Morgan fingerprint density at radius 3 is 1.88 bits per heavy atom. The van der Waals surface area contributed by atoms with Crippen LogP contribution in [0.5, 0.6) is 0 Å². The molecule has 2 aromatic rings. The molecule has 2 N–H and O–H groups in total. The Kier molecular flexibility index (Phi) is 5.10. The van der Waals surface area contributed by atoms with Gasteiger partial charge < -0.3 is 10.6 Å². The normalized spacial score (nSPS) is 12.0. The second-order valence-corrected chi connectivity index (χ2v) is 4.99. The van der Waals surface area contributed by atoms with E-state index in [4.69, 9.17) is 0 Å². The predicted molar refractivity (Wildman–Crippen MR) is 75.3 cm³/mol. The van der Waals surface area contributed by atoms with E-state index in [1.807, 2.05) is 10.6 Å². The summed E-state index contributed by atoms with van der Waals surface area (Å²) in [6, 6.07) is 2.46. The number of halogens is 8. The number of urea groups is 1. The Bertz CT molecular complexity index is 812. The van der Waals surface area contributed by atoms with Crippen LogP contribution < -0.4 is 10.6 Å². The molecule has 0 bridgehead atoms. The van der Waals surface area contributed by atoms with Gasteiger partial charge in [-0.1, -0.05) is 12.1 Å². The van der Waals surface area contributed by atoms with Gasteiger partial charge in [0.2, 0.25) is 0 Å². The average molecular weight is 384 g/mol. The van der Waals surface area contributed by atoms with Crippen LogP contribution in [0.15, 0.2) is 36.4 Å². The summed E-state index contributed by atoms with van der Waals surface area (Å²) in [4.78, 5) is 11.7. The first-order valence-electron chi connectivity index (χ1n) is 6.69. The lowest BCUT2D eigenvalue weighted by Gasteiger charge is -2.20. The van der Waals surface area contributed by atoms with Gasteiger partial charge in [0.15, 0.2) is 17.5 Å². The molecule has 0 spiro atoms. The predicted octanol–water partition coefficient (Wildman–Crippen LogP) is 5.40. The molecule has 3 nitrogen and oxygen atoms in total. The number of hydrogen-bond acceptors (Lipinski definition) is 1. The van der Waals surface area contributed by atoms with E-state index in [9.17, 15) is 39.9 Å². The van der Waals surface area contributed by atoms with Gasteiger partial charge in [0.05, 0.1) is 0 Å². The van der Waals surface area contributed by atoms with Gasteiger partial charge in [0.25, 0.3) is 0 Å². The van der Waals surface area contributed by atoms with Gasteiger partial charge in [-0.2, -0.15) is 22.0 Å². The highest BCUT2D eigenvalue weighted by Gasteiger charge is 2.58. The first-order valence-corrected chi connectivity index (χ1v) is 6.69. The van der Waals surface area contributed by atoms with Crippen molar-refractivity contribution in [1.29, 1.82) is 0 Å². The molecule has 0 saturated carbocycles. The van der Waals surface area contributed by atoms with Crippen LogP contribution in [0.2, 0.25) is 0 Å². The molecule has 0 radical (unpaired) electrons. The zero-order valence-electron chi connectivity index (χ0n) is 12.4. The number of benzene rings is 2. The number of alkyl halides is 5. The maximum Gasteiger partial charge on any atom is 0.458 e. The van der Waals surface area contributed by atoms with Crippen molar-refractivity contribution in [2.45, 2.75) is 12.1 Å². The lowest BCUT2D eigenvalue weighted by Crippen LogP contribution is -2.33. The van der Waals surface area contributed by atoms with E-state index in [0.717, 1.165) is 12.1 Å². The lowest BCUT2D eigenvalue weighted by atomic mass is 10.1. The number of hydrogen-bond donors (Lipinski definition) is 2. The Labute approximate surface area is 140 Å². The van der Waals surface area contributed by atoms with Crippen LogP contribution in [0.4, 0.5) is 51.3 Å². The molecule has 0 aromatic heterocycles. The van der Waals surface area contributed by atoms with Crippen LogP contribution in [0, 0.1) is 17.5 Å². The minimum atomic E-state index is -5.84. The van der Waals surface area contributed by atoms with Crippen molar-refractivity contribution in [3.05, 3.63) is 59.4 Å². The highest BCUT2D eigenvalue weighted by Crippen LogP contribution is 2.44. The maximum atomic E-state index is 13.3. The fourth-order valence-electron chi connectivity index (χ4n) is 1.88. The molecule has 0 fully saturated rings. The van der Waals surface area contributed by atoms with Crippen molar-refractivity contribution in [1.82, 2.24) is 0 Å². The molecular weight excluding hydrogens is 376 g/mol. The van der Waals surface area contributed by atoms with Gasteiger partial charge in [-0.05, 0) is 12.1 Å². The first-order chi connectivity index (χ1) is 11.9. The van der Waals surface area contributed by atoms with Gasteiger partial charge in [0, 0.05) is 29.1 Å². The number of carbonyl (C=O) groups is 1. The molecule has 2 amide bonds. The van der Waals surface area contributed by atoms with Crippen molar-refractivity contribution < 1.29 is 39.9 Å². The summed E-state index contributed by atoms with van der Waals surface area (Å²) in [5.74, 6) is -10.1. The van der Waals surface area contributed by atoms with Gasteiger partial charge in [-0.15, -0.1) is 0 Å². The summed E-state index contributed by atoms with van der Waals surface area (Å²) in [6.07, 6.45) is -5.84. The molecule has 26 heavy (non-hydrogen) atoms. The zero-order chi connectivity index (χ0) is 19.7. The Morgan fingerprint density at radius 2 is 1.35 bits per heavy atom. The smallest absolute Gasteiger partial charge is 0.308 e. The van der Waals surface area contributed by atoms with E-state index in [1.54, 1.807) is 0 Å². The van der Waals surface area contributed by atoms with Crippen molar-refractivity contribution >= 4 is 17.4 Å². The van der Waals surface area contributed by atoms with Crippen molar-refractivity contribution in [3.8, 4) is 0 Å². The Morgan fingerprint density at radius 1 is 0.808 bits per heavy atom. The third-order valence-corrected chi connectivity index (χ3v) is 3.08. The van der Waals surface area contributed by atoms with E-state index in [-0.39, 0.29) is 0 Å². The minimum absolute atomic E-state index is 0.388. The van der Waals surface area contributed by atoms with Crippen LogP contribution in [0.25, 0.3) is 0 Å². The van der Waals surface area contributed by atoms with E-state index in [1.165, 1.54) is 0 Å². The highest BCUT2D eigenvalue weighted by atomic mass is 19.4. The van der Waals surface area contributed by atoms with Gasteiger partial charge in [-0.25, -0.2) is 18.0 Å². The SMILES string of the molecule is O=C(Nc1cccc(C(F)(F)C(F)(F)F)c1)Nc1cc(F)c(F)c(F)c1. The first kappa shape index (κ1) is 19.5. The van der Waals surface area contributed by atoms with Gasteiger partial charge in [0.1, 0.15) is 0 Å². The molecule has 0 saturated heterocycles. The standard InChI is InChI=1S/C15H8F8N2O/c16-10-5-9(6-11(17)12(10)18)25-13(26)24-8-3-1-2-7(4-8)14(19,20)15(21,22)23/h1-6H,(H2,24,25,26). The lowest BCUT2D eigenvalue weighted by molar-refractivity contribution is -0.289. The van der Waals surface area contributed by atoms with Crippen LogP contribution in [-0.4, -0.2) is 12.2 Å². The number of carbonyl (C=O) groups excluding carboxylic acids is 1. The third kappa shape index (κ3) is 4.03. The minimum Gasteiger partial charge on any atom is -0.308 e. The summed E-state index contributed by atoms with van der Waals surface area (Å²) in [5, 5.41) is 3.80. The van der Waals surface area contributed by atoms with Gasteiger partial charge in [-0.3, -0.25) is 0 Å². The fraction of sp³-hybridized carbons (Fsp3) is 0.133. The van der Waals surface area contributed by atoms with Crippen LogP contribution >= 0.6 is 0 Å². The number of nitrogens with one attached hydrogen (secondary N) is 2. The fourth-order valence-corrected chi connectivity index (χ4v) is 1.88. The monoisotopic (exact) mass is 384 g/mol. The summed E-state index contributed by atoms with van der Waals surface area (Å²) in [5.41, 5.74) is -2.36.